The molecule has 168 valence electrons. The zero-order chi connectivity index (χ0) is 22.9. The maximum Gasteiger partial charge on any atom is 0.254 e. The Morgan fingerprint density at radius 3 is 2.55 bits per heavy atom. The zero-order valence-electron chi connectivity index (χ0n) is 18.4. The summed E-state index contributed by atoms with van der Waals surface area (Å²) in [6.45, 7) is 0.925. The number of nitrogens with one attached hydrogen (secondary N) is 1. The summed E-state index contributed by atoms with van der Waals surface area (Å²) in [6, 6.07) is 19.6. The fourth-order valence-corrected chi connectivity index (χ4v) is 4.70. The third-order valence-corrected chi connectivity index (χ3v) is 6.49. The van der Waals surface area contributed by atoms with E-state index in [1.807, 2.05) is 66.7 Å². The number of methoxy groups -OCH3 is 1. The predicted molar refractivity (Wildman–Crippen MR) is 124 cm³/mol. The Balaban J connectivity index is 1.31. The fraction of sp³-hybridized carbons (Fsp3) is 0.269. The molecule has 3 aromatic carbocycles. The largest absolute Gasteiger partial charge is 0.497 e. The Labute approximate surface area is 191 Å². The Hall–Kier alpha value is -3.87. The van der Waals surface area contributed by atoms with Gasteiger partial charge in [0.05, 0.1) is 13.7 Å². The Bertz CT molecular complexity index is 1220. The monoisotopic (exact) mass is 443 g/mol. The topological polar surface area (TPSA) is 79.0 Å². The van der Waals surface area contributed by atoms with Gasteiger partial charge in [0.1, 0.15) is 17.8 Å². The van der Waals surface area contributed by atoms with E-state index in [-0.39, 0.29) is 24.3 Å². The highest BCUT2D eigenvalue weighted by Crippen LogP contribution is 2.24. The van der Waals surface area contributed by atoms with E-state index in [4.69, 9.17) is 4.74 Å². The maximum absolute atomic E-state index is 13.3. The van der Waals surface area contributed by atoms with Gasteiger partial charge >= 0.3 is 0 Å². The molecule has 2 aliphatic heterocycles. The molecule has 0 radical (unpaired) electrons. The van der Waals surface area contributed by atoms with Crippen LogP contribution in [0.3, 0.4) is 0 Å². The van der Waals surface area contributed by atoms with Gasteiger partial charge in [0.25, 0.3) is 5.91 Å². The summed E-state index contributed by atoms with van der Waals surface area (Å²) in [6.07, 6.45) is 0.413. The van der Waals surface area contributed by atoms with Crippen molar-refractivity contribution in [2.75, 3.05) is 26.7 Å². The average molecular weight is 444 g/mol. The molecule has 0 spiro atoms. The van der Waals surface area contributed by atoms with Crippen molar-refractivity contribution in [2.45, 2.75) is 18.5 Å². The molecule has 2 heterocycles. The summed E-state index contributed by atoms with van der Waals surface area (Å²) >= 11 is 0. The van der Waals surface area contributed by atoms with E-state index in [0.717, 1.165) is 22.1 Å². The molecule has 0 aromatic heterocycles. The first-order chi connectivity index (χ1) is 16.0. The van der Waals surface area contributed by atoms with E-state index < -0.39 is 12.1 Å². The Morgan fingerprint density at radius 2 is 1.76 bits per heavy atom. The summed E-state index contributed by atoms with van der Waals surface area (Å²) in [5.74, 6) is 0.299. The molecule has 3 aromatic rings. The molecule has 0 unspecified atom stereocenters. The van der Waals surface area contributed by atoms with Crippen LogP contribution in [0, 0.1) is 0 Å². The number of carbonyl (C=O) groups excluding carboxylic acids is 3. The number of fused-ring (bicyclic) bond motifs is 2. The van der Waals surface area contributed by atoms with Crippen molar-refractivity contribution < 1.29 is 19.1 Å². The Kier molecular flexibility index (Phi) is 5.46. The minimum atomic E-state index is -0.669. The first-order valence-corrected chi connectivity index (χ1v) is 11.1. The number of rotatable bonds is 4. The second kappa shape index (κ2) is 8.58. The third kappa shape index (κ3) is 3.91. The zero-order valence-corrected chi connectivity index (χ0v) is 18.4. The van der Waals surface area contributed by atoms with E-state index in [1.54, 1.807) is 16.9 Å². The van der Waals surface area contributed by atoms with Crippen molar-refractivity contribution in [3.05, 3.63) is 77.9 Å². The molecule has 0 bridgehead atoms. The van der Waals surface area contributed by atoms with Crippen LogP contribution in [0.15, 0.2) is 66.7 Å². The number of amides is 3. The summed E-state index contributed by atoms with van der Waals surface area (Å²) in [5.41, 5.74) is 1.55. The third-order valence-electron chi connectivity index (χ3n) is 6.49. The number of hydrogen-bond donors (Lipinski definition) is 1. The number of ether oxygens (including phenoxy) is 1. The molecule has 0 saturated carbocycles. The van der Waals surface area contributed by atoms with Crippen molar-refractivity contribution in [1.82, 2.24) is 15.1 Å². The number of carbonyl (C=O) groups is 3. The SMILES string of the molecule is COc1ccc(C[C@@H]2NC(=O)[C@H]3CN(C(=O)c4cccc5ccccc45)CCN3C2=O)cc1. The fourth-order valence-electron chi connectivity index (χ4n) is 4.70. The van der Waals surface area contributed by atoms with Gasteiger partial charge < -0.3 is 19.9 Å². The Morgan fingerprint density at radius 1 is 1.00 bits per heavy atom. The van der Waals surface area contributed by atoms with Crippen molar-refractivity contribution in [3.63, 3.8) is 0 Å². The molecule has 2 atom stereocenters. The quantitative estimate of drug-likeness (QED) is 0.671. The van der Waals surface area contributed by atoms with Gasteiger partial charge in [0, 0.05) is 25.1 Å². The van der Waals surface area contributed by atoms with Crippen LogP contribution < -0.4 is 10.1 Å². The summed E-state index contributed by atoms with van der Waals surface area (Å²) in [7, 11) is 1.60. The molecular formula is C26H25N3O4. The number of piperazine rings is 2. The van der Waals surface area contributed by atoms with E-state index >= 15 is 0 Å². The molecule has 2 saturated heterocycles. The molecule has 2 fully saturated rings. The summed E-state index contributed by atoms with van der Waals surface area (Å²) in [5, 5.41) is 4.75. The second-order valence-corrected chi connectivity index (χ2v) is 8.44. The highest BCUT2D eigenvalue weighted by Gasteiger charge is 2.44. The highest BCUT2D eigenvalue weighted by atomic mass is 16.5. The van der Waals surface area contributed by atoms with Gasteiger partial charge in [-0.1, -0.05) is 48.5 Å². The molecule has 5 rings (SSSR count). The maximum atomic E-state index is 13.3. The second-order valence-electron chi connectivity index (χ2n) is 8.44. The van der Waals surface area contributed by atoms with Crippen molar-refractivity contribution in [1.29, 1.82) is 0 Å². The van der Waals surface area contributed by atoms with Crippen LogP contribution in [0.4, 0.5) is 0 Å². The van der Waals surface area contributed by atoms with Gasteiger partial charge in [-0.05, 0) is 34.5 Å². The minimum Gasteiger partial charge on any atom is -0.497 e. The van der Waals surface area contributed by atoms with Gasteiger partial charge in [-0.15, -0.1) is 0 Å². The molecule has 3 amide bonds. The van der Waals surface area contributed by atoms with Crippen molar-refractivity contribution in [3.8, 4) is 5.75 Å². The average Bonchev–Trinajstić information content (AvgIpc) is 2.86. The number of benzene rings is 3. The highest BCUT2D eigenvalue weighted by molar-refractivity contribution is 6.07. The van der Waals surface area contributed by atoms with Crippen molar-refractivity contribution in [2.24, 2.45) is 0 Å². The lowest BCUT2D eigenvalue weighted by atomic mass is 9.98. The number of nitrogens with zero attached hydrogens (tertiary/aromatic N) is 2. The molecule has 1 N–H and O–H groups in total. The van der Waals surface area contributed by atoms with Crippen LogP contribution in [-0.4, -0.2) is 66.3 Å². The molecule has 7 nitrogen and oxygen atoms in total. The first-order valence-electron chi connectivity index (χ1n) is 11.1. The van der Waals surface area contributed by atoms with Gasteiger partial charge in [0.2, 0.25) is 11.8 Å². The van der Waals surface area contributed by atoms with Crippen LogP contribution >= 0.6 is 0 Å². The van der Waals surface area contributed by atoms with Gasteiger partial charge in [-0.25, -0.2) is 0 Å². The first kappa shape index (κ1) is 21.0. The smallest absolute Gasteiger partial charge is 0.254 e. The van der Waals surface area contributed by atoms with Crippen LogP contribution in [0.2, 0.25) is 0 Å². The lowest BCUT2D eigenvalue weighted by Crippen LogP contribution is -2.70. The van der Waals surface area contributed by atoms with Crippen molar-refractivity contribution >= 4 is 28.5 Å². The molecular weight excluding hydrogens is 418 g/mol. The summed E-state index contributed by atoms with van der Waals surface area (Å²) < 4.78 is 5.18. The van der Waals surface area contributed by atoms with Crippen LogP contribution in [0.25, 0.3) is 10.8 Å². The van der Waals surface area contributed by atoms with E-state index in [2.05, 4.69) is 5.32 Å². The molecule has 33 heavy (non-hydrogen) atoms. The molecule has 2 aliphatic rings. The molecule has 0 aliphatic carbocycles. The normalized spacial score (nSPS) is 20.4. The lowest BCUT2D eigenvalue weighted by Gasteiger charge is -2.45. The van der Waals surface area contributed by atoms with Crippen LogP contribution in [0.1, 0.15) is 15.9 Å². The van der Waals surface area contributed by atoms with E-state index in [1.165, 1.54) is 0 Å². The van der Waals surface area contributed by atoms with Gasteiger partial charge in [-0.3, -0.25) is 14.4 Å². The summed E-state index contributed by atoms with van der Waals surface area (Å²) in [4.78, 5) is 42.7. The predicted octanol–water partition coefficient (Wildman–Crippen LogP) is 2.24. The van der Waals surface area contributed by atoms with E-state index in [0.29, 0.717) is 25.1 Å². The minimum absolute atomic E-state index is 0.104. The molecule has 7 heteroatoms. The number of hydrogen-bond acceptors (Lipinski definition) is 4. The lowest BCUT2D eigenvalue weighted by molar-refractivity contribution is -0.152. The van der Waals surface area contributed by atoms with Crippen LogP contribution in [0.5, 0.6) is 5.75 Å². The van der Waals surface area contributed by atoms with Gasteiger partial charge in [0.15, 0.2) is 0 Å². The standard InChI is InChI=1S/C26H25N3O4/c1-33-19-11-9-17(10-12-19)15-22-26(32)29-14-13-28(16-23(29)24(30)27-22)25(31)21-8-4-6-18-5-2-3-7-20(18)21/h2-12,22-23H,13-16H2,1H3,(H,27,30)/t22-,23+/m0/s1. The van der Waals surface area contributed by atoms with Gasteiger partial charge in [-0.2, -0.15) is 0 Å². The van der Waals surface area contributed by atoms with E-state index in [9.17, 15) is 14.4 Å². The van der Waals surface area contributed by atoms with Crippen LogP contribution in [-0.2, 0) is 16.0 Å².